The largest absolute Gasteiger partial charge is 0.324 e. The van der Waals surface area contributed by atoms with Crippen LogP contribution < -0.4 is 5.73 Å². The second kappa shape index (κ2) is 5.38. The molecule has 90 valence electrons. The van der Waals surface area contributed by atoms with E-state index in [9.17, 15) is 9.59 Å². The van der Waals surface area contributed by atoms with Crippen LogP contribution >= 0.6 is 0 Å². The Morgan fingerprint density at radius 3 is 2.11 bits per heavy atom. The van der Waals surface area contributed by atoms with Crippen molar-refractivity contribution < 1.29 is 9.59 Å². The first-order chi connectivity index (χ1) is 8.72. The highest BCUT2D eigenvalue weighted by molar-refractivity contribution is 6.10. The summed E-state index contributed by atoms with van der Waals surface area (Å²) in [5.41, 5.74) is 6.89. The standard InChI is InChI=1S/C15H13NO2/c16-10-14(17)12-7-4-8-13(9-12)15(18)11-5-2-1-3-6-11/h1-9H,10,16H2. The minimum Gasteiger partial charge on any atom is -0.324 e. The molecule has 0 saturated carbocycles. The van der Waals surface area contributed by atoms with Crippen molar-refractivity contribution in [2.75, 3.05) is 6.54 Å². The van der Waals surface area contributed by atoms with E-state index in [-0.39, 0.29) is 18.1 Å². The lowest BCUT2D eigenvalue weighted by Crippen LogP contribution is -2.14. The second-order valence-electron chi connectivity index (χ2n) is 3.90. The number of hydrogen-bond acceptors (Lipinski definition) is 3. The van der Waals surface area contributed by atoms with Crippen molar-refractivity contribution in [2.24, 2.45) is 5.73 Å². The second-order valence-corrected chi connectivity index (χ2v) is 3.90. The van der Waals surface area contributed by atoms with E-state index < -0.39 is 0 Å². The Hall–Kier alpha value is -2.26. The third-order valence-corrected chi connectivity index (χ3v) is 2.67. The first kappa shape index (κ1) is 12.2. The number of nitrogens with two attached hydrogens (primary N) is 1. The predicted molar refractivity (Wildman–Crippen MR) is 69.7 cm³/mol. The van der Waals surface area contributed by atoms with Crippen molar-refractivity contribution >= 4 is 11.6 Å². The van der Waals surface area contributed by atoms with E-state index in [1.54, 1.807) is 36.4 Å². The highest BCUT2D eigenvalue weighted by atomic mass is 16.1. The van der Waals surface area contributed by atoms with Gasteiger partial charge in [0.05, 0.1) is 6.54 Å². The molecule has 0 fully saturated rings. The van der Waals surface area contributed by atoms with E-state index in [1.165, 1.54) is 0 Å². The number of rotatable bonds is 4. The van der Waals surface area contributed by atoms with Crippen molar-refractivity contribution in [3.8, 4) is 0 Å². The zero-order chi connectivity index (χ0) is 13.0. The topological polar surface area (TPSA) is 60.2 Å². The molecule has 2 N–H and O–H groups in total. The maximum Gasteiger partial charge on any atom is 0.193 e. The van der Waals surface area contributed by atoms with Crippen LogP contribution in [0.15, 0.2) is 54.6 Å². The molecule has 18 heavy (non-hydrogen) atoms. The van der Waals surface area contributed by atoms with E-state index in [0.29, 0.717) is 16.7 Å². The van der Waals surface area contributed by atoms with E-state index in [2.05, 4.69) is 0 Å². The molecule has 0 bridgehead atoms. The zero-order valence-corrected chi connectivity index (χ0v) is 9.80. The van der Waals surface area contributed by atoms with Gasteiger partial charge in [-0.3, -0.25) is 9.59 Å². The Labute approximate surface area is 105 Å². The summed E-state index contributed by atoms with van der Waals surface area (Å²) in [4.78, 5) is 23.7. The monoisotopic (exact) mass is 239 g/mol. The molecule has 0 aliphatic rings. The smallest absolute Gasteiger partial charge is 0.193 e. The molecule has 0 aliphatic carbocycles. The molecule has 0 aromatic heterocycles. The highest BCUT2D eigenvalue weighted by Crippen LogP contribution is 2.12. The molecule has 2 aromatic rings. The third kappa shape index (κ3) is 2.52. The summed E-state index contributed by atoms with van der Waals surface area (Å²) in [5.74, 6) is -0.264. The maximum absolute atomic E-state index is 12.2. The van der Waals surface area contributed by atoms with Gasteiger partial charge in [0.2, 0.25) is 0 Å². The van der Waals surface area contributed by atoms with Crippen LogP contribution in [0.1, 0.15) is 26.3 Å². The lowest BCUT2D eigenvalue weighted by Gasteiger charge is -2.03. The number of carbonyl (C=O) groups is 2. The Kier molecular flexibility index (Phi) is 3.65. The Morgan fingerprint density at radius 1 is 0.833 bits per heavy atom. The van der Waals surface area contributed by atoms with Crippen molar-refractivity contribution in [1.82, 2.24) is 0 Å². The van der Waals surface area contributed by atoms with Gasteiger partial charge in [0.25, 0.3) is 0 Å². The molecule has 3 heteroatoms. The Balaban J connectivity index is 2.35. The Morgan fingerprint density at radius 2 is 1.44 bits per heavy atom. The summed E-state index contributed by atoms with van der Waals surface area (Å²) < 4.78 is 0. The summed E-state index contributed by atoms with van der Waals surface area (Å²) >= 11 is 0. The van der Waals surface area contributed by atoms with Crippen LogP contribution in [-0.4, -0.2) is 18.1 Å². The fraction of sp³-hybridized carbons (Fsp3) is 0.0667. The maximum atomic E-state index is 12.2. The van der Waals surface area contributed by atoms with Gasteiger partial charge in [0.15, 0.2) is 11.6 Å². The van der Waals surface area contributed by atoms with Gasteiger partial charge < -0.3 is 5.73 Å². The fourth-order valence-electron chi connectivity index (χ4n) is 1.71. The number of carbonyl (C=O) groups excluding carboxylic acids is 2. The molecule has 0 heterocycles. The molecular weight excluding hydrogens is 226 g/mol. The minimum absolute atomic E-state index is 0.0526. The average Bonchev–Trinajstić information content (AvgIpc) is 2.46. The van der Waals surface area contributed by atoms with Gasteiger partial charge >= 0.3 is 0 Å². The van der Waals surface area contributed by atoms with Gasteiger partial charge in [-0.15, -0.1) is 0 Å². The first-order valence-corrected chi connectivity index (χ1v) is 5.65. The summed E-state index contributed by atoms with van der Waals surface area (Å²) in [6.07, 6.45) is 0. The third-order valence-electron chi connectivity index (χ3n) is 2.67. The minimum atomic E-state index is -0.169. The van der Waals surface area contributed by atoms with Crippen molar-refractivity contribution in [3.05, 3.63) is 71.3 Å². The van der Waals surface area contributed by atoms with Crippen LogP contribution in [0.2, 0.25) is 0 Å². The van der Waals surface area contributed by atoms with Crippen LogP contribution in [0.4, 0.5) is 0 Å². The summed E-state index contributed by atoms with van der Waals surface area (Å²) in [6, 6.07) is 15.6. The molecule has 0 unspecified atom stereocenters. The number of hydrogen-bond donors (Lipinski definition) is 1. The molecule has 0 aliphatic heterocycles. The van der Waals surface area contributed by atoms with Crippen LogP contribution in [0.5, 0.6) is 0 Å². The molecule has 0 spiro atoms. The summed E-state index contributed by atoms with van der Waals surface area (Å²) in [7, 11) is 0. The lowest BCUT2D eigenvalue weighted by atomic mass is 10.00. The Bertz CT molecular complexity index is 576. The van der Waals surface area contributed by atoms with Crippen LogP contribution in [0, 0.1) is 0 Å². The van der Waals surface area contributed by atoms with E-state index in [0.717, 1.165) is 0 Å². The summed E-state index contributed by atoms with van der Waals surface area (Å²) in [6.45, 7) is -0.0526. The van der Waals surface area contributed by atoms with E-state index in [1.807, 2.05) is 18.2 Å². The van der Waals surface area contributed by atoms with Crippen molar-refractivity contribution in [1.29, 1.82) is 0 Å². The number of ketones is 2. The molecule has 0 radical (unpaired) electrons. The molecule has 2 aromatic carbocycles. The normalized spacial score (nSPS) is 10.1. The fourth-order valence-corrected chi connectivity index (χ4v) is 1.71. The molecule has 0 amide bonds. The summed E-state index contributed by atoms with van der Waals surface area (Å²) in [5, 5.41) is 0. The lowest BCUT2D eigenvalue weighted by molar-refractivity contribution is 0.100. The molecule has 0 atom stereocenters. The quantitative estimate of drug-likeness (QED) is 0.831. The van der Waals surface area contributed by atoms with Gasteiger partial charge in [0, 0.05) is 16.7 Å². The number of benzene rings is 2. The van der Waals surface area contributed by atoms with Gasteiger partial charge in [0.1, 0.15) is 0 Å². The predicted octanol–water partition coefficient (Wildman–Crippen LogP) is 2.06. The first-order valence-electron chi connectivity index (χ1n) is 5.65. The van der Waals surface area contributed by atoms with Gasteiger partial charge in [-0.05, 0) is 6.07 Å². The van der Waals surface area contributed by atoms with Crippen molar-refractivity contribution in [3.63, 3.8) is 0 Å². The SMILES string of the molecule is NCC(=O)c1cccc(C(=O)c2ccccc2)c1. The van der Waals surface area contributed by atoms with Crippen molar-refractivity contribution in [2.45, 2.75) is 0 Å². The van der Waals surface area contributed by atoms with Crippen LogP contribution in [0.3, 0.4) is 0 Å². The van der Waals surface area contributed by atoms with Gasteiger partial charge in [-0.2, -0.15) is 0 Å². The van der Waals surface area contributed by atoms with Gasteiger partial charge in [-0.1, -0.05) is 48.5 Å². The van der Waals surface area contributed by atoms with E-state index in [4.69, 9.17) is 5.73 Å². The van der Waals surface area contributed by atoms with Crippen LogP contribution in [0.25, 0.3) is 0 Å². The molecule has 0 saturated heterocycles. The van der Waals surface area contributed by atoms with Crippen LogP contribution in [-0.2, 0) is 0 Å². The highest BCUT2D eigenvalue weighted by Gasteiger charge is 2.10. The number of Topliss-reactive ketones (excluding diaryl/α,β-unsaturated/α-hetero) is 1. The zero-order valence-electron chi connectivity index (χ0n) is 9.80. The molecule has 3 nitrogen and oxygen atoms in total. The molecular formula is C15H13NO2. The molecule has 2 rings (SSSR count). The van der Waals surface area contributed by atoms with E-state index >= 15 is 0 Å². The average molecular weight is 239 g/mol. The van der Waals surface area contributed by atoms with Gasteiger partial charge in [-0.25, -0.2) is 0 Å².